The van der Waals surface area contributed by atoms with E-state index in [1.165, 1.54) is 53.1 Å². The number of fused-ring (bicyclic) bond motifs is 6. The Morgan fingerprint density at radius 1 is 0.339 bits per heavy atom. The molecule has 0 unspecified atom stereocenters. The van der Waals surface area contributed by atoms with E-state index in [1.807, 2.05) is 47.7 Å². The van der Waals surface area contributed by atoms with Gasteiger partial charge >= 0.3 is 0 Å². The number of aromatic nitrogens is 4. The van der Waals surface area contributed by atoms with Gasteiger partial charge < -0.3 is 4.57 Å². The molecule has 0 aliphatic carbocycles. The average Bonchev–Trinajstić information content (AvgIpc) is 3.83. The van der Waals surface area contributed by atoms with Crippen LogP contribution in [0.2, 0.25) is 0 Å². The van der Waals surface area contributed by atoms with Gasteiger partial charge in [-0.25, -0.2) is 15.0 Å². The molecule has 0 fully saturated rings. The highest BCUT2D eigenvalue weighted by Gasteiger charge is 2.17. The highest BCUT2D eigenvalue weighted by atomic mass is 32.1. The molecule has 8 aromatic carbocycles. The van der Waals surface area contributed by atoms with Crippen molar-refractivity contribution in [3.8, 4) is 62.1 Å². The third-order valence-electron chi connectivity index (χ3n) is 10.7. The summed E-state index contributed by atoms with van der Waals surface area (Å²) in [7, 11) is 0. The molecule has 11 rings (SSSR count). The number of hydrogen-bond donors (Lipinski definition) is 0. The normalized spacial score (nSPS) is 11.6. The first kappa shape index (κ1) is 32.2. The maximum absolute atomic E-state index is 5.07. The van der Waals surface area contributed by atoms with Crippen LogP contribution in [0.5, 0.6) is 0 Å². The summed E-state index contributed by atoms with van der Waals surface area (Å²) in [4.78, 5) is 15.1. The lowest BCUT2D eigenvalue weighted by atomic mass is 10.0. The summed E-state index contributed by atoms with van der Waals surface area (Å²) in [5.41, 5.74) is 11.0. The van der Waals surface area contributed by atoms with Gasteiger partial charge in [-0.2, -0.15) is 0 Å². The lowest BCUT2D eigenvalue weighted by Crippen LogP contribution is -2.00. The highest BCUT2D eigenvalue weighted by molar-refractivity contribution is 7.26. The fourth-order valence-electron chi connectivity index (χ4n) is 7.97. The molecule has 0 spiro atoms. The second-order valence-corrected chi connectivity index (χ2v) is 15.1. The van der Waals surface area contributed by atoms with Crippen LogP contribution in [0.1, 0.15) is 0 Å². The Morgan fingerprint density at radius 2 is 0.893 bits per heavy atom. The molecule has 0 amide bonds. The van der Waals surface area contributed by atoms with Crippen LogP contribution in [-0.2, 0) is 0 Å². The van der Waals surface area contributed by atoms with Gasteiger partial charge in [0.15, 0.2) is 17.5 Å². The van der Waals surface area contributed by atoms with Crippen LogP contribution in [-0.4, -0.2) is 19.5 Å². The molecule has 0 N–H and O–H groups in total. The van der Waals surface area contributed by atoms with Crippen LogP contribution in [0, 0.1) is 0 Å². The summed E-state index contributed by atoms with van der Waals surface area (Å²) in [6, 6.07) is 68.6. The molecule has 0 atom stereocenters. The fraction of sp³-hybridized carbons (Fsp3) is 0. The smallest absolute Gasteiger partial charge is 0.164 e. The highest BCUT2D eigenvalue weighted by Crippen LogP contribution is 2.42. The average molecular weight is 733 g/mol. The lowest BCUT2D eigenvalue weighted by Gasteiger charge is -2.11. The number of nitrogens with zero attached hydrogens (tertiary/aromatic N) is 4. The van der Waals surface area contributed by atoms with E-state index in [0.717, 1.165) is 33.5 Å². The summed E-state index contributed by atoms with van der Waals surface area (Å²) in [6.07, 6.45) is 0. The topological polar surface area (TPSA) is 43.6 Å². The Balaban J connectivity index is 1.01. The molecule has 0 aliphatic rings. The van der Waals surface area contributed by atoms with Gasteiger partial charge in [0.1, 0.15) is 0 Å². The monoisotopic (exact) mass is 732 g/mol. The zero-order chi connectivity index (χ0) is 37.0. The molecule has 0 saturated carbocycles. The molecule has 4 nitrogen and oxygen atoms in total. The minimum Gasteiger partial charge on any atom is -0.309 e. The van der Waals surface area contributed by atoms with Gasteiger partial charge in [0.25, 0.3) is 0 Å². The van der Waals surface area contributed by atoms with Crippen LogP contribution in [0.15, 0.2) is 194 Å². The molecule has 5 heteroatoms. The van der Waals surface area contributed by atoms with Crippen LogP contribution < -0.4 is 0 Å². The van der Waals surface area contributed by atoms with Crippen LogP contribution in [0.3, 0.4) is 0 Å². The summed E-state index contributed by atoms with van der Waals surface area (Å²) in [5, 5.41) is 5.09. The molecule has 0 radical (unpaired) electrons. The third-order valence-corrected chi connectivity index (χ3v) is 11.9. The Hall–Kier alpha value is -7.21. The minimum atomic E-state index is 0.632. The number of hydrogen-bond acceptors (Lipinski definition) is 4. The van der Waals surface area contributed by atoms with E-state index in [2.05, 4.69) is 162 Å². The van der Waals surface area contributed by atoms with Gasteiger partial charge in [0.2, 0.25) is 0 Å². The first-order valence-electron chi connectivity index (χ1n) is 18.8. The van der Waals surface area contributed by atoms with E-state index in [1.54, 1.807) is 0 Å². The summed E-state index contributed by atoms with van der Waals surface area (Å²) in [5.74, 6) is 1.91. The standard InChI is InChI=1S/C51H32N4S/c1-3-13-33(14-4-1)36-17-11-18-38(31-36)51-53-49(34-15-5-2-6-16-34)52-50(54-51)35-25-28-39(29-26-35)55-45-23-9-7-19-41(45)44-32-37(27-30-46(44)55)40-21-12-22-43-42-20-8-10-24-47(42)56-48(40)43/h1-32H. The Labute approximate surface area is 327 Å². The van der Waals surface area contributed by atoms with Crippen LogP contribution in [0.4, 0.5) is 0 Å². The molecule has 0 saturated heterocycles. The second kappa shape index (κ2) is 13.3. The first-order valence-corrected chi connectivity index (χ1v) is 19.6. The van der Waals surface area contributed by atoms with Crippen molar-refractivity contribution in [2.75, 3.05) is 0 Å². The van der Waals surface area contributed by atoms with Gasteiger partial charge in [-0.1, -0.05) is 140 Å². The predicted octanol–water partition coefficient (Wildman–Crippen LogP) is 13.7. The molecular weight excluding hydrogens is 701 g/mol. The van der Waals surface area contributed by atoms with Crippen molar-refractivity contribution in [2.45, 2.75) is 0 Å². The van der Waals surface area contributed by atoms with Crippen molar-refractivity contribution in [3.05, 3.63) is 194 Å². The molecule has 3 aromatic heterocycles. The largest absolute Gasteiger partial charge is 0.309 e. The SMILES string of the molecule is c1ccc(-c2cccc(-c3nc(-c4ccccc4)nc(-c4ccc(-n5c6ccccc6c6cc(-c7cccc8c7sc7ccccc78)ccc65)cc4)n3)c2)cc1. The van der Waals surface area contributed by atoms with E-state index in [9.17, 15) is 0 Å². The number of benzene rings is 8. The molecule has 262 valence electrons. The molecule has 56 heavy (non-hydrogen) atoms. The van der Waals surface area contributed by atoms with Gasteiger partial charge in [-0.05, 0) is 76.9 Å². The van der Waals surface area contributed by atoms with Crippen molar-refractivity contribution >= 4 is 53.3 Å². The number of thiophene rings is 1. The summed E-state index contributed by atoms with van der Waals surface area (Å²) < 4.78 is 5.01. The van der Waals surface area contributed by atoms with Crippen LogP contribution in [0.25, 0.3) is 104 Å². The summed E-state index contributed by atoms with van der Waals surface area (Å²) in [6.45, 7) is 0. The number of para-hydroxylation sites is 1. The second-order valence-electron chi connectivity index (χ2n) is 14.0. The van der Waals surface area contributed by atoms with E-state index in [-0.39, 0.29) is 0 Å². The number of rotatable bonds is 6. The zero-order valence-corrected chi connectivity index (χ0v) is 31.0. The maximum Gasteiger partial charge on any atom is 0.164 e. The van der Waals surface area contributed by atoms with Crippen LogP contribution >= 0.6 is 11.3 Å². The Kier molecular flexibility index (Phi) is 7.64. The maximum atomic E-state index is 5.07. The molecule has 3 heterocycles. The minimum absolute atomic E-state index is 0.632. The van der Waals surface area contributed by atoms with Gasteiger partial charge in [-0.15, -0.1) is 11.3 Å². The predicted molar refractivity (Wildman–Crippen MR) is 234 cm³/mol. The van der Waals surface area contributed by atoms with E-state index < -0.39 is 0 Å². The Morgan fingerprint density at radius 3 is 1.68 bits per heavy atom. The van der Waals surface area contributed by atoms with Gasteiger partial charge in [0.05, 0.1) is 11.0 Å². The van der Waals surface area contributed by atoms with Crippen molar-refractivity contribution in [3.63, 3.8) is 0 Å². The zero-order valence-electron chi connectivity index (χ0n) is 30.2. The summed E-state index contributed by atoms with van der Waals surface area (Å²) >= 11 is 1.87. The van der Waals surface area contributed by atoms with Crippen molar-refractivity contribution in [1.29, 1.82) is 0 Å². The van der Waals surface area contributed by atoms with E-state index in [4.69, 9.17) is 15.0 Å². The fourth-order valence-corrected chi connectivity index (χ4v) is 9.21. The van der Waals surface area contributed by atoms with Gasteiger partial charge in [-0.3, -0.25) is 0 Å². The van der Waals surface area contributed by atoms with Crippen molar-refractivity contribution in [2.24, 2.45) is 0 Å². The quantitative estimate of drug-likeness (QED) is 0.171. The van der Waals surface area contributed by atoms with E-state index in [0.29, 0.717) is 17.5 Å². The molecule has 0 aliphatic heterocycles. The molecule has 0 bridgehead atoms. The van der Waals surface area contributed by atoms with Crippen molar-refractivity contribution in [1.82, 2.24) is 19.5 Å². The van der Waals surface area contributed by atoms with Crippen molar-refractivity contribution < 1.29 is 0 Å². The first-order chi connectivity index (χ1) is 27.7. The van der Waals surface area contributed by atoms with Gasteiger partial charge in [0, 0.05) is 53.3 Å². The Bertz CT molecular complexity index is 3240. The lowest BCUT2D eigenvalue weighted by molar-refractivity contribution is 1.07. The molecule has 11 aromatic rings. The molecular formula is C51H32N4S. The van der Waals surface area contributed by atoms with E-state index >= 15 is 0 Å². The third kappa shape index (κ3) is 5.48.